The third-order valence-electron chi connectivity index (χ3n) is 7.30. The monoisotopic (exact) mass is 1130 g/mol. The Labute approximate surface area is 383 Å². The number of alkyl halides is 16. The Kier molecular flexibility index (Phi) is 21.1. The first-order valence-electron chi connectivity index (χ1n) is 17.2. The number of hydrogen-bond acceptors (Lipinski definition) is 8. The van der Waals surface area contributed by atoms with Crippen molar-refractivity contribution in [2.75, 3.05) is 26.4 Å². The van der Waals surface area contributed by atoms with E-state index in [1.807, 2.05) is 0 Å². The highest BCUT2D eigenvalue weighted by Crippen LogP contribution is 2.45. The number of halogens is 29. The fourth-order valence-electron chi connectivity index (χ4n) is 4.09. The summed E-state index contributed by atoms with van der Waals surface area (Å²) in [6.07, 6.45) is -46.7. The van der Waals surface area contributed by atoms with E-state index in [1.165, 1.54) is 0 Å². The van der Waals surface area contributed by atoms with Crippen LogP contribution < -0.4 is 9.47 Å². The number of ether oxygens (including phenoxy) is 6. The summed E-state index contributed by atoms with van der Waals surface area (Å²) in [5.74, 6) is -33.5. The lowest BCUT2D eigenvalue weighted by molar-refractivity contribution is -0.515. The van der Waals surface area contributed by atoms with Crippen LogP contribution in [0.5, 0.6) is 11.5 Å². The van der Waals surface area contributed by atoms with Gasteiger partial charge in [-0.15, -0.1) is 0 Å². The minimum atomic E-state index is -6.80. The first-order chi connectivity index (χ1) is 32.8. The zero-order chi connectivity index (χ0) is 57.6. The van der Waals surface area contributed by atoms with Crippen molar-refractivity contribution in [1.82, 2.24) is 0 Å². The summed E-state index contributed by atoms with van der Waals surface area (Å²) >= 11 is 0. The minimum Gasteiger partial charge on any atom is -0.478 e. The normalized spacial score (nSPS) is 12.9. The van der Waals surface area contributed by atoms with Gasteiger partial charge in [-0.3, -0.25) is 0 Å². The molecule has 0 aliphatic carbocycles. The number of aliphatic hydroxyl groups is 2. The second-order valence-electron chi connectivity index (χ2n) is 12.5. The second-order valence-corrected chi connectivity index (χ2v) is 12.5. The van der Waals surface area contributed by atoms with E-state index < -0.39 is 179 Å². The third-order valence-corrected chi connectivity index (χ3v) is 7.30. The lowest BCUT2D eigenvalue weighted by Crippen LogP contribution is -2.53. The maximum absolute atomic E-state index is 13.8. The van der Waals surface area contributed by atoms with Crippen LogP contribution in [0.25, 0.3) is 18.2 Å². The van der Waals surface area contributed by atoms with Crippen molar-refractivity contribution in [3.05, 3.63) is 112 Å². The van der Waals surface area contributed by atoms with Gasteiger partial charge in [-0.2, -0.15) is 87.8 Å². The van der Waals surface area contributed by atoms with Crippen LogP contribution in [0.4, 0.5) is 127 Å². The van der Waals surface area contributed by atoms with Crippen molar-refractivity contribution in [2.45, 2.75) is 48.9 Å². The van der Waals surface area contributed by atoms with Crippen molar-refractivity contribution in [3.8, 4) is 11.5 Å². The largest absolute Gasteiger partial charge is 0.478 e. The van der Waals surface area contributed by atoms with Gasteiger partial charge in [0.25, 0.3) is 0 Å². The molecule has 0 aliphatic rings. The summed E-state index contributed by atoms with van der Waals surface area (Å²) in [6.45, 7) is -2.05. The fraction of sp³-hybridized carbons (Fsp3) is 0.333. The molecule has 0 amide bonds. The Bertz CT molecular complexity index is 2260. The summed E-state index contributed by atoms with van der Waals surface area (Å²) in [7, 11) is 0. The molecule has 37 heteroatoms. The van der Waals surface area contributed by atoms with Crippen molar-refractivity contribution >= 4 is 18.2 Å². The lowest BCUT2D eigenvalue weighted by Gasteiger charge is -2.31. The predicted molar refractivity (Wildman–Crippen MR) is 178 cm³/mol. The third kappa shape index (κ3) is 15.6. The molecule has 414 valence electrons. The molecule has 0 saturated carbocycles. The number of hydrogen-bond donors (Lipinski definition) is 2. The minimum absolute atomic E-state index is 0.240. The number of benzene rings is 3. The van der Waals surface area contributed by atoms with Crippen molar-refractivity contribution in [3.63, 3.8) is 0 Å². The number of rotatable bonds is 21. The molecule has 3 rings (SSSR count). The molecule has 0 atom stereocenters. The van der Waals surface area contributed by atoms with Gasteiger partial charge in [0.2, 0.25) is 29.1 Å². The Morgan fingerprint density at radius 2 is 0.479 bits per heavy atom. The maximum Gasteiger partial charge on any atom is 0.453 e. The zero-order valence-corrected chi connectivity index (χ0v) is 34.0. The molecule has 0 radical (unpaired) electrons. The molecule has 0 aromatic heterocycles. The van der Waals surface area contributed by atoms with E-state index in [0.717, 1.165) is 0 Å². The van der Waals surface area contributed by atoms with Gasteiger partial charge in [0.1, 0.15) is 13.2 Å². The topological polar surface area (TPSA) is 95.8 Å². The Hall–Kier alpha value is -5.79. The molecule has 0 bridgehead atoms. The number of aliphatic hydroxyl groups excluding tert-OH is 2. The van der Waals surface area contributed by atoms with Crippen LogP contribution in [0.1, 0.15) is 16.7 Å². The van der Waals surface area contributed by atoms with E-state index >= 15 is 0 Å². The van der Waals surface area contributed by atoms with Crippen LogP contribution in [0, 0.1) is 75.6 Å². The van der Waals surface area contributed by atoms with Gasteiger partial charge in [-0.05, 0) is 0 Å². The van der Waals surface area contributed by atoms with Crippen LogP contribution in [0.3, 0.4) is 0 Å². The van der Waals surface area contributed by atoms with Crippen LogP contribution in [0.15, 0.2) is 19.7 Å². The SMILES string of the molecule is C=Cc1c(F)c(F)c(F)c(F)c1F.C=Cc1c(F)c(F)c(OCC(F)(F)OC(F)(F)C(F)(F)OC(F)(F)COc2c(F)c(F)c(C=C)c(F)c2F)c(F)c1F.OCC(F)(F)OC(F)(F)C(F)(F)OC(F)(F)CO. The van der Waals surface area contributed by atoms with E-state index in [1.54, 1.807) is 0 Å². The van der Waals surface area contributed by atoms with Gasteiger partial charge in [0.15, 0.2) is 71.3 Å². The molecule has 8 nitrogen and oxygen atoms in total. The molecule has 2 N–H and O–H groups in total. The predicted octanol–water partition coefficient (Wildman–Crippen LogP) is 12.3. The van der Waals surface area contributed by atoms with Gasteiger partial charge in [0.05, 0.1) is 16.7 Å². The van der Waals surface area contributed by atoms with Gasteiger partial charge < -0.3 is 19.7 Å². The van der Waals surface area contributed by atoms with Gasteiger partial charge >= 0.3 is 48.9 Å². The Morgan fingerprint density at radius 1 is 0.301 bits per heavy atom. The summed E-state index contributed by atoms with van der Waals surface area (Å²) in [6, 6.07) is 0. The van der Waals surface area contributed by atoms with Crippen LogP contribution in [0.2, 0.25) is 0 Å². The zero-order valence-electron chi connectivity index (χ0n) is 34.0. The van der Waals surface area contributed by atoms with Gasteiger partial charge in [0, 0.05) is 0 Å². The summed E-state index contributed by atoms with van der Waals surface area (Å²) in [5.41, 5.74) is -3.93. The fourth-order valence-corrected chi connectivity index (χ4v) is 4.09. The highest BCUT2D eigenvalue weighted by Gasteiger charge is 2.68. The molecule has 0 unspecified atom stereocenters. The van der Waals surface area contributed by atoms with Crippen molar-refractivity contribution < 1.29 is 166 Å². The molecule has 0 aliphatic heterocycles. The Balaban J connectivity index is 0.000000698. The maximum atomic E-state index is 13.8. The molecule has 73 heavy (non-hydrogen) atoms. The quantitative estimate of drug-likeness (QED) is 0.0619. The van der Waals surface area contributed by atoms with E-state index in [2.05, 4.69) is 48.2 Å². The highest BCUT2D eigenvalue weighted by atomic mass is 19.4. The summed E-state index contributed by atoms with van der Waals surface area (Å²) < 4.78 is 397. The lowest BCUT2D eigenvalue weighted by atomic mass is 10.1. The van der Waals surface area contributed by atoms with E-state index in [9.17, 15) is 127 Å². The van der Waals surface area contributed by atoms with Crippen molar-refractivity contribution in [2.24, 2.45) is 0 Å². The van der Waals surface area contributed by atoms with Gasteiger partial charge in [-0.1, -0.05) is 38.0 Å². The van der Waals surface area contributed by atoms with E-state index in [0.29, 0.717) is 6.08 Å². The van der Waals surface area contributed by atoms with Crippen LogP contribution >= 0.6 is 0 Å². The van der Waals surface area contributed by atoms with E-state index in [-0.39, 0.29) is 12.2 Å². The molecule has 0 spiro atoms. The Morgan fingerprint density at radius 3 is 0.671 bits per heavy atom. The molecule has 0 fully saturated rings. The first kappa shape index (κ1) is 65.2. The average Bonchev–Trinajstić information content (AvgIpc) is 3.26. The molecule has 0 heterocycles. The molecule has 0 saturated heterocycles. The van der Waals surface area contributed by atoms with Crippen molar-refractivity contribution in [1.29, 1.82) is 0 Å². The van der Waals surface area contributed by atoms with Gasteiger partial charge in [-0.25, -0.2) is 58.5 Å². The molecule has 3 aromatic carbocycles. The van der Waals surface area contributed by atoms with Crippen LogP contribution in [-0.2, 0) is 18.9 Å². The van der Waals surface area contributed by atoms with E-state index in [4.69, 9.17) is 10.2 Å². The van der Waals surface area contributed by atoms with Crippen LogP contribution in [-0.4, -0.2) is 85.5 Å². The first-order valence-corrected chi connectivity index (χ1v) is 17.2. The average molecular weight is 1130 g/mol. The molecular formula is C36H19F29O8. The standard InChI is InChI=1S/C22H10F16O4.C8H3F5.C6H6F8O4/c1-3-7-9(23)13(27)17(14(28)10(7)24)39-5-19(31,32)41-21(35,36)22(37,38)42-20(33,34)6-40-18-15(29)11(25)8(4-2)12(26)16(18)30;1-2-3-4(9)6(11)8(13)7(12)5(3)10;7-3(8,1-15)17-5(11,12)6(13,14)18-4(9,10)2-16/h3-4H,1-2,5-6H2;2H,1H2;15-16H,1-2H2. The summed E-state index contributed by atoms with van der Waals surface area (Å²) in [4.78, 5) is 0. The molecule has 3 aromatic rings. The summed E-state index contributed by atoms with van der Waals surface area (Å²) in [5, 5.41) is 15.6. The smallest absolute Gasteiger partial charge is 0.453 e. The molecular weight excluding hydrogens is 1110 g/mol. The second kappa shape index (κ2) is 23.6. The highest BCUT2D eigenvalue weighted by molar-refractivity contribution is 5.53.